The highest BCUT2D eigenvalue weighted by Gasteiger charge is 2.13. The van der Waals surface area contributed by atoms with Gasteiger partial charge in [-0.25, -0.2) is 9.18 Å². The van der Waals surface area contributed by atoms with E-state index in [9.17, 15) is 9.18 Å². The van der Waals surface area contributed by atoms with E-state index in [0.29, 0.717) is 11.3 Å². The van der Waals surface area contributed by atoms with Crippen LogP contribution >= 0.6 is 0 Å². The molecule has 0 fully saturated rings. The summed E-state index contributed by atoms with van der Waals surface area (Å²) in [5, 5.41) is 0. The maximum atomic E-state index is 13.5. The number of ether oxygens (including phenoxy) is 1. The van der Waals surface area contributed by atoms with Crippen LogP contribution in [-0.2, 0) is 6.54 Å². The second-order valence-electron chi connectivity index (χ2n) is 4.13. The van der Waals surface area contributed by atoms with Crippen molar-refractivity contribution >= 4 is 6.09 Å². The zero-order valence-corrected chi connectivity index (χ0v) is 10.5. The average molecular weight is 259 g/mol. The molecule has 0 radical (unpaired) electrons. The van der Waals surface area contributed by atoms with Gasteiger partial charge < -0.3 is 9.64 Å². The lowest BCUT2D eigenvalue weighted by atomic mass is 10.2. The average Bonchev–Trinajstić information content (AvgIpc) is 2.42. The molecule has 19 heavy (non-hydrogen) atoms. The fourth-order valence-electron chi connectivity index (χ4n) is 1.61. The van der Waals surface area contributed by atoms with Crippen molar-refractivity contribution in [2.75, 3.05) is 7.05 Å². The molecule has 0 atom stereocenters. The predicted molar refractivity (Wildman–Crippen MR) is 70.3 cm³/mol. The van der Waals surface area contributed by atoms with E-state index in [-0.39, 0.29) is 12.4 Å². The second kappa shape index (κ2) is 6.00. The summed E-state index contributed by atoms with van der Waals surface area (Å²) in [6.45, 7) is 0.165. The van der Waals surface area contributed by atoms with E-state index in [1.165, 1.54) is 11.0 Å². The van der Waals surface area contributed by atoms with Gasteiger partial charge in [0.1, 0.15) is 11.6 Å². The molecule has 1 amide bonds. The van der Waals surface area contributed by atoms with Gasteiger partial charge in [0.05, 0.1) is 6.54 Å². The Labute approximate surface area is 111 Å². The Morgan fingerprint density at radius 1 is 1.11 bits per heavy atom. The Morgan fingerprint density at radius 2 is 1.74 bits per heavy atom. The van der Waals surface area contributed by atoms with Gasteiger partial charge in [0.15, 0.2) is 0 Å². The van der Waals surface area contributed by atoms with E-state index in [4.69, 9.17) is 4.74 Å². The Balaban J connectivity index is 1.98. The van der Waals surface area contributed by atoms with Crippen molar-refractivity contribution in [3.05, 3.63) is 66.0 Å². The fourth-order valence-corrected chi connectivity index (χ4v) is 1.61. The van der Waals surface area contributed by atoms with Gasteiger partial charge in [0, 0.05) is 12.6 Å². The smallest absolute Gasteiger partial charge is 0.410 e. The molecule has 0 aliphatic carbocycles. The van der Waals surface area contributed by atoms with Crippen LogP contribution in [0.5, 0.6) is 5.75 Å². The largest absolute Gasteiger partial charge is 0.415 e. The molecule has 0 spiro atoms. The zero-order valence-electron chi connectivity index (χ0n) is 10.5. The lowest BCUT2D eigenvalue weighted by molar-refractivity contribution is 0.160. The van der Waals surface area contributed by atoms with Crippen molar-refractivity contribution < 1.29 is 13.9 Å². The van der Waals surface area contributed by atoms with Crippen molar-refractivity contribution in [2.24, 2.45) is 0 Å². The first-order valence-corrected chi connectivity index (χ1v) is 5.88. The third kappa shape index (κ3) is 3.55. The van der Waals surface area contributed by atoms with E-state index in [2.05, 4.69) is 0 Å². The minimum Gasteiger partial charge on any atom is -0.410 e. The number of benzene rings is 2. The normalized spacial score (nSPS) is 10.0. The Kier molecular flexibility index (Phi) is 4.13. The number of hydrogen-bond donors (Lipinski definition) is 0. The number of hydrogen-bond acceptors (Lipinski definition) is 2. The number of carbonyl (C=O) groups is 1. The standard InChI is InChI=1S/C15H14FNO2/c1-17(11-12-7-5-6-10-14(12)16)15(18)19-13-8-3-2-4-9-13/h2-10H,11H2,1H3. The SMILES string of the molecule is CN(Cc1ccccc1F)C(=O)Oc1ccccc1. The molecule has 0 aromatic heterocycles. The van der Waals surface area contributed by atoms with Crippen LogP contribution in [0.3, 0.4) is 0 Å². The molecular formula is C15H14FNO2. The third-order valence-corrected chi connectivity index (χ3v) is 2.63. The number of amides is 1. The molecule has 0 aliphatic rings. The maximum absolute atomic E-state index is 13.5. The minimum absolute atomic E-state index is 0.165. The zero-order chi connectivity index (χ0) is 13.7. The second-order valence-corrected chi connectivity index (χ2v) is 4.13. The molecule has 0 saturated carbocycles. The summed E-state index contributed by atoms with van der Waals surface area (Å²) >= 11 is 0. The Bertz CT molecular complexity index is 557. The molecule has 0 N–H and O–H groups in total. The summed E-state index contributed by atoms with van der Waals surface area (Å²) in [7, 11) is 1.57. The molecule has 2 rings (SSSR count). The topological polar surface area (TPSA) is 29.5 Å². The number of rotatable bonds is 3. The van der Waals surface area contributed by atoms with Gasteiger partial charge in [0.2, 0.25) is 0 Å². The molecule has 0 bridgehead atoms. The number of halogens is 1. The summed E-state index contributed by atoms with van der Waals surface area (Å²) in [5.74, 6) is 0.134. The molecule has 0 aliphatic heterocycles. The lowest BCUT2D eigenvalue weighted by Crippen LogP contribution is -2.29. The van der Waals surface area contributed by atoms with Crippen molar-refractivity contribution in [2.45, 2.75) is 6.54 Å². The van der Waals surface area contributed by atoms with Crippen LogP contribution in [0.1, 0.15) is 5.56 Å². The van der Waals surface area contributed by atoms with Crippen molar-refractivity contribution in [3.8, 4) is 5.75 Å². The van der Waals surface area contributed by atoms with Gasteiger partial charge in [-0.3, -0.25) is 0 Å². The van der Waals surface area contributed by atoms with Gasteiger partial charge in [-0.15, -0.1) is 0 Å². The van der Waals surface area contributed by atoms with Crippen LogP contribution < -0.4 is 4.74 Å². The molecule has 98 valence electrons. The van der Waals surface area contributed by atoms with E-state index in [1.54, 1.807) is 49.5 Å². The molecule has 2 aromatic rings. The number of nitrogens with zero attached hydrogens (tertiary/aromatic N) is 1. The Morgan fingerprint density at radius 3 is 2.42 bits per heavy atom. The highest BCUT2D eigenvalue weighted by atomic mass is 19.1. The molecule has 3 nitrogen and oxygen atoms in total. The summed E-state index contributed by atoms with van der Waals surface area (Å²) in [6.07, 6.45) is -0.519. The fraction of sp³-hybridized carbons (Fsp3) is 0.133. The maximum Gasteiger partial charge on any atom is 0.415 e. The third-order valence-electron chi connectivity index (χ3n) is 2.63. The quantitative estimate of drug-likeness (QED) is 0.844. The molecule has 2 aromatic carbocycles. The Hall–Kier alpha value is -2.36. The molecular weight excluding hydrogens is 245 g/mol. The first-order valence-electron chi connectivity index (χ1n) is 5.88. The highest BCUT2D eigenvalue weighted by Crippen LogP contribution is 2.12. The molecule has 0 unspecified atom stereocenters. The van der Waals surface area contributed by atoms with Crippen molar-refractivity contribution in [1.82, 2.24) is 4.90 Å². The van der Waals surface area contributed by atoms with Gasteiger partial charge in [-0.1, -0.05) is 36.4 Å². The minimum atomic E-state index is -0.519. The summed E-state index contributed by atoms with van der Waals surface area (Å²) < 4.78 is 18.6. The molecule has 4 heteroatoms. The van der Waals surface area contributed by atoms with Gasteiger partial charge in [0.25, 0.3) is 0 Å². The van der Waals surface area contributed by atoms with E-state index in [1.807, 2.05) is 6.07 Å². The predicted octanol–water partition coefficient (Wildman–Crippen LogP) is 3.46. The van der Waals surface area contributed by atoms with E-state index >= 15 is 0 Å². The van der Waals surface area contributed by atoms with Crippen molar-refractivity contribution in [3.63, 3.8) is 0 Å². The van der Waals surface area contributed by atoms with Crippen LogP contribution in [0, 0.1) is 5.82 Å². The number of carbonyl (C=O) groups excluding carboxylic acids is 1. The van der Waals surface area contributed by atoms with Gasteiger partial charge in [-0.05, 0) is 18.2 Å². The van der Waals surface area contributed by atoms with E-state index < -0.39 is 6.09 Å². The van der Waals surface area contributed by atoms with Crippen LogP contribution in [0.2, 0.25) is 0 Å². The van der Waals surface area contributed by atoms with Crippen LogP contribution in [0.4, 0.5) is 9.18 Å². The first kappa shape index (κ1) is 13.1. The number of para-hydroxylation sites is 1. The molecule has 0 saturated heterocycles. The van der Waals surface area contributed by atoms with Gasteiger partial charge >= 0.3 is 6.09 Å². The van der Waals surface area contributed by atoms with Crippen LogP contribution in [0.25, 0.3) is 0 Å². The van der Waals surface area contributed by atoms with Crippen LogP contribution in [-0.4, -0.2) is 18.0 Å². The highest BCUT2D eigenvalue weighted by molar-refractivity contribution is 5.70. The van der Waals surface area contributed by atoms with Crippen molar-refractivity contribution in [1.29, 1.82) is 0 Å². The lowest BCUT2D eigenvalue weighted by Gasteiger charge is -2.17. The summed E-state index contributed by atoms with van der Waals surface area (Å²) in [5.41, 5.74) is 0.454. The monoisotopic (exact) mass is 259 g/mol. The van der Waals surface area contributed by atoms with Gasteiger partial charge in [-0.2, -0.15) is 0 Å². The molecule has 0 heterocycles. The van der Waals surface area contributed by atoms with E-state index in [0.717, 1.165) is 0 Å². The summed E-state index contributed by atoms with van der Waals surface area (Å²) in [6, 6.07) is 15.1. The summed E-state index contributed by atoms with van der Waals surface area (Å²) in [4.78, 5) is 13.1. The first-order chi connectivity index (χ1) is 9.16. The van der Waals surface area contributed by atoms with Crippen LogP contribution in [0.15, 0.2) is 54.6 Å².